The van der Waals surface area contributed by atoms with Crippen LogP contribution in [0.4, 0.5) is 0 Å². The Morgan fingerprint density at radius 2 is 2.00 bits per heavy atom. The predicted octanol–water partition coefficient (Wildman–Crippen LogP) is -0.0421. The Morgan fingerprint density at radius 1 is 1.44 bits per heavy atom. The summed E-state index contributed by atoms with van der Waals surface area (Å²) in [5, 5.41) is 17.3. The van der Waals surface area contributed by atoms with E-state index in [1.54, 1.807) is 0 Å². The first-order valence-electron chi connectivity index (χ1n) is 2.80. The summed E-state index contributed by atoms with van der Waals surface area (Å²) in [5.41, 5.74) is 0. The third-order valence-electron chi connectivity index (χ3n) is 1.06. The second-order valence-electron chi connectivity index (χ2n) is 1.83. The Labute approximate surface area is 66.1 Å². The minimum atomic E-state index is -0.532. The van der Waals surface area contributed by atoms with Gasteiger partial charge in [0.25, 0.3) is 0 Å². The average molecular weight is 168 g/mol. The molecular formula is C5H12O2S2. The van der Waals surface area contributed by atoms with Gasteiger partial charge < -0.3 is 10.2 Å². The van der Waals surface area contributed by atoms with Crippen molar-refractivity contribution in [3.8, 4) is 0 Å². The highest BCUT2D eigenvalue weighted by molar-refractivity contribution is 7.84. The Morgan fingerprint density at radius 3 is 2.33 bits per heavy atom. The normalized spacial score (nSPS) is 17.3. The van der Waals surface area contributed by atoms with E-state index < -0.39 is 6.10 Å². The van der Waals surface area contributed by atoms with Gasteiger partial charge in [0.1, 0.15) is 0 Å². The van der Waals surface area contributed by atoms with Crippen LogP contribution in [-0.4, -0.2) is 33.9 Å². The number of thiol groups is 2. The summed E-state index contributed by atoms with van der Waals surface area (Å²) in [6.07, 6.45) is -0.148. The van der Waals surface area contributed by atoms with Crippen molar-refractivity contribution in [2.45, 2.75) is 17.8 Å². The van der Waals surface area contributed by atoms with Crippen molar-refractivity contribution < 1.29 is 10.2 Å². The summed E-state index contributed by atoms with van der Waals surface area (Å²) < 4.78 is 0. The highest BCUT2D eigenvalue weighted by atomic mass is 32.1. The molecule has 0 radical (unpaired) electrons. The van der Waals surface area contributed by atoms with Crippen molar-refractivity contribution in [3.05, 3.63) is 0 Å². The third-order valence-corrected chi connectivity index (χ3v) is 2.26. The zero-order chi connectivity index (χ0) is 7.28. The molecule has 0 aliphatic carbocycles. The van der Waals surface area contributed by atoms with E-state index in [2.05, 4.69) is 25.3 Å². The quantitative estimate of drug-likeness (QED) is 0.445. The fraction of sp³-hybridized carbons (Fsp3) is 1.00. The molecule has 0 fully saturated rings. The molecule has 0 aliphatic heterocycles. The molecule has 2 atom stereocenters. The number of hydrogen-bond donors (Lipinski definition) is 4. The van der Waals surface area contributed by atoms with E-state index in [9.17, 15) is 0 Å². The van der Waals surface area contributed by atoms with Gasteiger partial charge in [0.15, 0.2) is 0 Å². The molecule has 0 rings (SSSR count). The third kappa shape index (κ3) is 4.08. The van der Waals surface area contributed by atoms with Gasteiger partial charge in [-0.05, 0) is 6.42 Å². The molecule has 0 aliphatic rings. The van der Waals surface area contributed by atoms with Crippen LogP contribution in [0.2, 0.25) is 0 Å². The van der Waals surface area contributed by atoms with E-state index in [1.807, 2.05) is 0 Å². The zero-order valence-corrected chi connectivity index (χ0v) is 6.85. The van der Waals surface area contributed by atoms with Crippen LogP contribution in [0, 0.1) is 0 Å². The summed E-state index contributed by atoms with van der Waals surface area (Å²) in [4.78, 5) is 0. The topological polar surface area (TPSA) is 40.5 Å². The molecule has 0 spiro atoms. The minimum absolute atomic E-state index is 0.00596. The number of aliphatic hydroxyl groups excluding tert-OH is 2. The van der Waals surface area contributed by atoms with Gasteiger partial charge in [0.05, 0.1) is 6.10 Å². The second-order valence-corrected chi connectivity index (χ2v) is 2.86. The van der Waals surface area contributed by atoms with Crippen LogP contribution in [0.15, 0.2) is 0 Å². The van der Waals surface area contributed by atoms with Crippen LogP contribution in [0.5, 0.6) is 0 Å². The van der Waals surface area contributed by atoms with E-state index in [0.717, 1.165) is 0 Å². The molecule has 0 aromatic carbocycles. The molecule has 0 aromatic rings. The van der Waals surface area contributed by atoms with Crippen LogP contribution < -0.4 is 0 Å². The average Bonchev–Trinajstić information content (AvgIpc) is 1.87. The maximum Gasteiger partial charge on any atom is 0.0686 e. The van der Waals surface area contributed by atoms with Crippen molar-refractivity contribution in [1.82, 2.24) is 0 Å². The summed E-state index contributed by atoms with van der Waals surface area (Å²) >= 11 is 7.95. The molecule has 0 amide bonds. The number of aliphatic hydroxyl groups is 2. The lowest BCUT2D eigenvalue weighted by Crippen LogP contribution is -2.23. The van der Waals surface area contributed by atoms with Crippen molar-refractivity contribution in [2.24, 2.45) is 0 Å². The van der Waals surface area contributed by atoms with Crippen molar-refractivity contribution in [3.63, 3.8) is 0 Å². The molecule has 0 bridgehead atoms. The predicted molar refractivity (Wildman–Crippen MR) is 44.3 cm³/mol. The molecule has 2 N–H and O–H groups in total. The van der Waals surface area contributed by atoms with Gasteiger partial charge in [0.2, 0.25) is 0 Å². The first-order chi connectivity index (χ1) is 4.22. The Bertz CT molecular complexity index is 70.0. The van der Waals surface area contributed by atoms with E-state index in [-0.39, 0.29) is 11.9 Å². The first kappa shape index (κ1) is 9.62. The fourth-order valence-corrected chi connectivity index (χ4v) is 0.839. The molecule has 0 saturated carbocycles. The van der Waals surface area contributed by atoms with Crippen LogP contribution in [0.25, 0.3) is 0 Å². The summed E-state index contributed by atoms with van der Waals surface area (Å²) in [6, 6.07) is 0. The molecule has 0 aromatic heterocycles. The van der Waals surface area contributed by atoms with Crippen LogP contribution >= 0.6 is 25.3 Å². The van der Waals surface area contributed by atoms with Crippen molar-refractivity contribution in [2.75, 3.05) is 12.4 Å². The molecule has 4 heteroatoms. The zero-order valence-electron chi connectivity index (χ0n) is 5.06. The maximum atomic E-state index is 9.03. The number of rotatable bonds is 4. The van der Waals surface area contributed by atoms with Gasteiger partial charge in [-0.1, -0.05) is 0 Å². The van der Waals surface area contributed by atoms with Crippen molar-refractivity contribution in [1.29, 1.82) is 0 Å². The lowest BCUT2D eigenvalue weighted by atomic mass is 10.2. The highest BCUT2D eigenvalue weighted by Crippen LogP contribution is 2.06. The van der Waals surface area contributed by atoms with Crippen LogP contribution in [-0.2, 0) is 0 Å². The van der Waals surface area contributed by atoms with Gasteiger partial charge in [-0.25, -0.2) is 0 Å². The van der Waals surface area contributed by atoms with Gasteiger partial charge in [-0.3, -0.25) is 0 Å². The lowest BCUT2D eigenvalue weighted by Gasteiger charge is -2.13. The summed E-state index contributed by atoms with van der Waals surface area (Å²) in [6.45, 7) is 0.00596. The first-order valence-corrected chi connectivity index (χ1v) is 3.95. The van der Waals surface area contributed by atoms with E-state index in [4.69, 9.17) is 10.2 Å². The lowest BCUT2D eigenvalue weighted by molar-refractivity contribution is 0.135. The van der Waals surface area contributed by atoms with Gasteiger partial charge in [-0.15, -0.1) is 0 Å². The largest absolute Gasteiger partial charge is 0.396 e. The molecule has 56 valence electrons. The van der Waals surface area contributed by atoms with E-state index in [1.165, 1.54) is 0 Å². The maximum absolute atomic E-state index is 9.03. The Balaban J connectivity index is 3.32. The van der Waals surface area contributed by atoms with E-state index >= 15 is 0 Å². The Kier molecular flexibility index (Phi) is 5.78. The SMILES string of the molecule is OCCC(O)C(S)CS. The highest BCUT2D eigenvalue weighted by Gasteiger charge is 2.11. The molecule has 0 saturated heterocycles. The minimum Gasteiger partial charge on any atom is -0.396 e. The summed E-state index contributed by atoms with van der Waals surface area (Å²) in [7, 11) is 0. The van der Waals surface area contributed by atoms with Gasteiger partial charge in [0, 0.05) is 17.6 Å². The molecular weight excluding hydrogens is 156 g/mol. The molecule has 2 nitrogen and oxygen atoms in total. The smallest absolute Gasteiger partial charge is 0.0686 e. The van der Waals surface area contributed by atoms with Crippen molar-refractivity contribution >= 4 is 25.3 Å². The standard InChI is InChI=1S/C5H12O2S2/c6-2-1-4(7)5(9)3-8/h4-9H,1-3H2. The van der Waals surface area contributed by atoms with Gasteiger partial charge >= 0.3 is 0 Å². The van der Waals surface area contributed by atoms with E-state index in [0.29, 0.717) is 12.2 Å². The van der Waals surface area contributed by atoms with Gasteiger partial charge in [-0.2, -0.15) is 25.3 Å². The van der Waals surface area contributed by atoms with Crippen LogP contribution in [0.3, 0.4) is 0 Å². The monoisotopic (exact) mass is 168 g/mol. The molecule has 9 heavy (non-hydrogen) atoms. The fourth-order valence-electron chi connectivity index (χ4n) is 0.446. The Hall–Kier alpha value is 0.620. The number of hydrogen-bond acceptors (Lipinski definition) is 4. The molecule has 0 heterocycles. The molecule has 2 unspecified atom stereocenters. The summed E-state index contributed by atoms with van der Waals surface area (Å²) in [5.74, 6) is 0.532. The second kappa shape index (κ2) is 5.41. The van der Waals surface area contributed by atoms with Crippen LogP contribution in [0.1, 0.15) is 6.42 Å².